The van der Waals surface area contributed by atoms with Gasteiger partial charge in [0.15, 0.2) is 0 Å². The van der Waals surface area contributed by atoms with Crippen LogP contribution in [0.3, 0.4) is 0 Å². The maximum Gasteiger partial charge on any atom is 0.338 e. The summed E-state index contributed by atoms with van der Waals surface area (Å²) in [7, 11) is -3.87. The Hall–Kier alpha value is -1.51. The van der Waals surface area contributed by atoms with Gasteiger partial charge in [0, 0.05) is 19.8 Å². The van der Waals surface area contributed by atoms with Gasteiger partial charge in [-0.3, -0.25) is 0 Å². The SMILES string of the molecule is CC1COCCC1CNS(=O)(=O)c1ccc(C(=O)O)c(F)c1. The number of carboxylic acids is 1. The van der Waals surface area contributed by atoms with Crippen molar-refractivity contribution >= 4 is 16.0 Å². The average molecular weight is 331 g/mol. The molecule has 0 radical (unpaired) electrons. The minimum Gasteiger partial charge on any atom is -0.478 e. The molecule has 122 valence electrons. The number of sulfonamides is 1. The second-order valence-electron chi connectivity index (χ2n) is 5.40. The molecule has 0 aromatic heterocycles. The van der Waals surface area contributed by atoms with Crippen LogP contribution in [0.15, 0.2) is 23.1 Å². The van der Waals surface area contributed by atoms with E-state index in [4.69, 9.17) is 9.84 Å². The molecular formula is C14H18FNO5S. The summed E-state index contributed by atoms with van der Waals surface area (Å²) in [6.45, 7) is 3.42. The first-order valence-corrected chi connectivity index (χ1v) is 8.40. The number of benzene rings is 1. The number of nitrogens with one attached hydrogen (secondary N) is 1. The van der Waals surface area contributed by atoms with E-state index >= 15 is 0 Å². The first-order valence-electron chi connectivity index (χ1n) is 6.91. The molecule has 22 heavy (non-hydrogen) atoms. The van der Waals surface area contributed by atoms with Gasteiger partial charge in [-0.2, -0.15) is 0 Å². The molecule has 0 amide bonds. The van der Waals surface area contributed by atoms with Crippen LogP contribution in [0.5, 0.6) is 0 Å². The fourth-order valence-electron chi connectivity index (χ4n) is 2.36. The lowest BCUT2D eigenvalue weighted by Crippen LogP contribution is -2.36. The van der Waals surface area contributed by atoms with Gasteiger partial charge in [-0.15, -0.1) is 0 Å². The Morgan fingerprint density at radius 2 is 2.23 bits per heavy atom. The van der Waals surface area contributed by atoms with Gasteiger partial charge in [0.1, 0.15) is 5.82 Å². The third kappa shape index (κ3) is 3.82. The summed E-state index contributed by atoms with van der Waals surface area (Å²) in [6.07, 6.45) is 0.760. The number of hydrogen-bond acceptors (Lipinski definition) is 4. The van der Waals surface area contributed by atoms with Gasteiger partial charge in [0.05, 0.1) is 10.5 Å². The first kappa shape index (κ1) is 16.9. The number of halogens is 1. The van der Waals surface area contributed by atoms with E-state index < -0.39 is 27.4 Å². The number of aromatic carboxylic acids is 1. The molecule has 6 nitrogen and oxygen atoms in total. The number of carboxylic acid groups (broad SMARTS) is 1. The molecule has 1 heterocycles. The predicted molar refractivity (Wildman–Crippen MR) is 76.6 cm³/mol. The van der Waals surface area contributed by atoms with Gasteiger partial charge in [0.25, 0.3) is 0 Å². The van der Waals surface area contributed by atoms with Crippen LogP contribution in [0.1, 0.15) is 23.7 Å². The summed E-state index contributed by atoms with van der Waals surface area (Å²) in [5.74, 6) is -2.12. The van der Waals surface area contributed by atoms with Crippen molar-refractivity contribution in [3.63, 3.8) is 0 Å². The standard InChI is InChI=1S/C14H18FNO5S/c1-9-8-21-5-4-10(9)7-16-22(19,20)11-2-3-12(14(17)18)13(15)6-11/h2-3,6,9-10,16H,4-5,7-8H2,1H3,(H,17,18). The van der Waals surface area contributed by atoms with Crippen LogP contribution < -0.4 is 4.72 Å². The topological polar surface area (TPSA) is 92.7 Å². The van der Waals surface area contributed by atoms with Gasteiger partial charge in [-0.25, -0.2) is 22.3 Å². The fraction of sp³-hybridized carbons (Fsp3) is 0.500. The Balaban J connectivity index is 2.10. The molecular weight excluding hydrogens is 313 g/mol. The molecule has 1 aromatic rings. The summed E-state index contributed by atoms with van der Waals surface area (Å²) < 4.78 is 45.7. The summed E-state index contributed by atoms with van der Waals surface area (Å²) in [5.41, 5.74) is -0.558. The van der Waals surface area contributed by atoms with E-state index in [-0.39, 0.29) is 23.3 Å². The normalized spacial score (nSPS) is 22.5. The fourth-order valence-corrected chi connectivity index (χ4v) is 3.47. The Morgan fingerprint density at radius 1 is 1.50 bits per heavy atom. The lowest BCUT2D eigenvalue weighted by Gasteiger charge is -2.28. The van der Waals surface area contributed by atoms with Crippen molar-refractivity contribution in [1.82, 2.24) is 4.72 Å². The van der Waals surface area contributed by atoms with Crippen LogP contribution in [-0.2, 0) is 14.8 Å². The highest BCUT2D eigenvalue weighted by Crippen LogP contribution is 2.21. The van der Waals surface area contributed by atoms with Crippen molar-refractivity contribution in [1.29, 1.82) is 0 Å². The number of carbonyl (C=O) groups is 1. The summed E-state index contributed by atoms with van der Waals surface area (Å²) in [6, 6.07) is 2.75. The lowest BCUT2D eigenvalue weighted by molar-refractivity contribution is 0.0261. The molecule has 0 aliphatic carbocycles. The van der Waals surface area contributed by atoms with Gasteiger partial charge in [0.2, 0.25) is 10.0 Å². The van der Waals surface area contributed by atoms with E-state index in [1.54, 1.807) is 0 Å². The lowest BCUT2D eigenvalue weighted by atomic mass is 9.90. The highest BCUT2D eigenvalue weighted by atomic mass is 32.2. The molecule has 1 aliphatic heterocycles. The Morgan fingerprint density at radius 3 is 2.82 bits per heavy atom. The molecule has 2 N–H and O–H groups in total. The molecule has 0 saturated carbocycles. The van der Waals surface area contributed by atoms with Gasteiger partial charge in [-0.1, -0.05) is 6.92 Å². The molecule has 1 aliphatic rings. The Bertz CT molecular complexity index is 661. The number of hydrogen-bond donors (Lipinski definition) is 2. The van der Waals surface area contributed by atoms with Crippen molar-refractivity contribution in [2.45, 2.75) is 18.2 Å². The van der Waals surface area contributed by atoms with Crippen molar-refractivity contribution in [2.75, 3.05) is 19.8 Å². The van der Waals surface area contributed by atoms with Crippen LogP contribution in [0.4, 0.5) is 4.39 Å². The van der Waals surface area contributed by atoms with Crippen LogP contribution in [-0.4, -0.2) is 39.3 Å². The summed E-state index contributed by atoms with van der Waals surface area (Å²) in [5, 5.41) is 8.75. The minimum atomic E-state index is -3.87. The zero-order chi connectivity index (χ0) is 16.3. The predicted octanol–water partition coefficient (Wildman–Crippen LogP) is 1.47. The molecule has 2 atom stereocenters. The molecule has 1 fully saturated rings. The molecule has 0 spiro atoms. The van der Waals surface area contributed by atoms with Gasteiger partial charge in [-0.05, 0) is 36.5 Å². The highest BCUT2D eigenvalue weighted by molar-refractivity contribution is 7.89. The van der Waals surface area contributed by atoms with E-state index in [9.17, 15) is 17.6 Å². The zero-order valence-corrected chi connectivity index (χ0v) is 12.9. The van der Waals surface area contributed by atoms with E-state index in [0.29, 0.717) is 13.2 Å². The van der Waals surface area contributed by atoms with Crippen LogP contribution in [0.2, 0.25) is 0 Å². The number of ether oxygens (including phenoxy) is 1. The Labute approximate surface area is 128 Å². The third-order valence-electron chi connectivity index (χ3n) is 3.84. The molecule has 1 aromatic carbocycles. The second kappa shape index (κ2) is 6.72. The van der Waals surface area contributed by atoms with Gasteiger partial charge >= 0.3 is 5.97 Å². The molecule has 2 unspecified atom stereocenters. The van der Waals surface area contributed by atoms with Crippen LogP contribution >= 0.6 is 0 Å². The van der Waals surface area contributed by atoms with E-state index in [1.807, 2.05) is 6.92 Å². The second-order valence-corrected chi connectivity index (χ2v) is 7.17. The smallest absolute Gasteiger partial charge is 0.338 e. The number of rotatable bonds is 5. The minimum absolute atomic E-state index is 0.159. The maximum absolute atomic E-state index is 13.6. The maximum atomic E-state index is 13.6. The highest BCUT2D eigenvalue weighted by Gasteiger charge is 2.25. The van der Waals surface area contributed by atoms with Crippen molar-refractivity contribution < 1.29 is 27.4 Å². The van der Waals surface area contributed by atoms with Gasteiger partial charge < -0.3 is 9.84 Å². The van der Waals surface area contributed by atoms with Crippen molar-refractivity contribution in [3.05, 3.63) is 29.6 Å². The molecule has 0 bridgehead atoms. The first-order chi connectivity index (χ1) is 10.3. The van der Waals surface area contributed by atoms with Crippen LogP contribution in [0.25, 0.3) is 0 Å². The third-order valence-corrected chi connectivity index (χ3v) is 5.26. The van der Waals surface area contributed by atoms with Crippen LogP contribution in [0, 0.1) is 17.7 Å². The molecule has 2 rings (SSSR count). The quantitative estimate of drug-likeness (QED) is 0.852. The largest absolute Gasteiger partial charge is 0.478 e. The Kier molecular flexibility index (Phi) is 5.15. The summed E-state index contributed by atoms with van der Waals surface area (Å²) in [4.78, 5) is 10.5. The summed E-state index contributed by atoms with van der Waals surface area (Å²) >= 11 is 0. The van der Waals surface area contributed by atoms with Crippen molar-refractivity contribution in [3.8, 4) is 0 Å². The van der Waals surface area contributed by atoms with E-state index in [1.165, 1.54) is 0 Å². The monoisotopic (exact) mass is 331 g/mol. The average Bonchev–Trinajstić information content (AvgIpc) is 2.46. The van der Waals surface area contributed by atoms with Crippen molar-refractivity contribution in [2.24, 2.45) is 11.8 Å². The van der Waals surface area contributed by atoms with E-state index in [2.05, 4.69) is 4.72 Å². The zero-order valence-electron chi connectivity index (χ0n) is 12.1. The molecule has 8 heteroatoms. The molecule has 1 saturated heterocycles. The van der Waals surface area contributed by atoms with E-state index in [0.717, 1.165) is 24.6 Å².